The number of rotatable bonds is 4. The minimum Gasteiger partial charge on any atom is -0.381 e. The van der Waals surface area contributed by atoms with Crippen molar-refractivity contribution in [3.05, 3.63) is 42.3 Å². The fraction of sp³-hybridized carbons (Fsp3) is 0.167. The van der Waals surface area contributed by atoms with Crippen molar-refractivity contribution in [3.8, 4) is 0 Å². The van der Waals surface area contributed by atoms with E-state index in [1.165, 1.54) is 6.92 Å². The van der Waals surface area contributed by atoms with Crippen LogP contribution in [-0.2, 0) is 11.3 Å². The van der Waals surface area contributed by atoms with Crippen LogP contribution in [0.1, 0.15) is 12.5 Å². The van der Waals surface area contributed by atoms with Gasteiger partial charge in [0.15, 0.2) is 0 Å². The third-order valence-corrected chi connectivity index (χ3v) is 2.19. The standard InChI is InChI=1S/C12H13N3O2/c1-9(16)15-12-4-2-11(3-5-12)13-6-10-7-14-17-8-10/h2-5,7-8,13H,6H2,1H3,(H,15,16). The molecular weight excluding hydrogens is 218 g/mol. The van der Waals surface area contributed by atoms with Crippen LogP contribution in [0.25, 0.3) is 0 Å². The molecule has 5 nitrogen and oxygen atoms in total. The molecule has 0 fully saturated rings. The predicted molar refractivity (Wildman–Crippen MR) is 64.6 cm³/mol. The maximum Gasteiger partial charge on any atom is 0.221 e. The molecule has 1 amide bonds. The second-order valence-electron chi connectivity index (χ2n) is 3.64. The third kappa shape index (κ3) is 3.34. The zero-order chi connectivity index (χ0) is 12.1. The van der Waals surface area contributed by atoms with Crippen LogP contribution in [0.3, 0.4) is 0 Å². The summed E-state index contributed by atoms with van der Waals surface area (Å²) in [6.07, 6.45) is 3.26. The number of aromatic nitrogens is 1. The number of amides is 1. The summed E-state index contributed by atoms with van der Waals surface area (Å²) in [4.78, 5) is 10.8. The number of hydrogen-bond donors (Lipinski definition) is 2. The lowest BCUT2D eigenvalue weighted by molar-refractivity contribution is -0.114. The van der Waals surface area contributed by atoms with Gasteiger partial charge in [-0.2, -0.15) is 0 Å². The van der Waals surface area contributed by atoms with Crippen molar-refractivity contribution in [3.63, 3.8) is 0 Å². The maximum absolute atomic E-state index is 10.8. The summed E-state index contributed by atoms with van der Waals surface area (Å²) >= 11 is 0. The average Bonchev–Trinajstić information content (AvgIpc) is 2.80. The molecule has 0 unspecified atom stereocenters. The van der Waals surface area contributed by atoms with E-state index in [0.717, 1.165) is 16.9 Å². The summed E-state index contributed by atoms with van der Waals surface area (Å²) in [5.41, 5.74) is 2.74. The fourth-order valence-electron chi connectivity index (χ4n) is 1.39. The number of nitrogens with one attached hydrogen (secondary N) is 2. The lowest BCUT2D eigenvalue weighted by atomic mass is 10.2. The van der Waals surface area contributed by atoms with Crippen molar-refractivity contribution >= 4 is 17.3 Å². The van der Waals surface area contributed by atoms with E-state index in [0.29, 0.717) is 6.54 Å². The molecule has 17 heavy (non-hydrogen) atoms. The van der Waals surface area contributed by atoms with Gasteiger partial charge in [0.1, 0.15) is 6.26 Å². The Kier molecular flexibility index (Phi) is 3.40. The van der Waals surface area contributed by atoms with Gasteiger partial charge < -0.3 is 15.2 Å². The molecular formula is C12H13N3O2. The summed E-state index contributed by atoms with van der Waals surface area (Å²) in [5.74, 6) is -0.0739. The van der Waals surface area contributed by atoms with Crippen molar-refractivity contribution in [1.29, 1.82) is 0 Å². The molecule has 88 valence electrons. The first-order valence-electron chi connectivity index (χ1n) is 5.24. The average molecular weight is 231 g/mol. The smallest absolute Gasteiger partial charge is 0.221 e. The van der Waals surface area contributed by atoms with Gasteiger partial charge in [0.05, 0.1) is 6.20 Å². The van der Waals surface area contributed by atoms with Crippen LogP contribution in [-0.4, -0.2) is 11.1 Å². The van der Waals surface area contributed by atoms with E-state index in [1.807, 2.05) is 24.3 Å². The van der Waals surface area contributed by atoms with E-state index in [1.54, 1.807) is 12.5 Å². The van der Waals surface area contributed by atoms with E-state index in [-0.39, 0.29) is 5.91 Å². The Morgan fingerprint density at radius 3 is 2.59 bits per heavy atom. The summed E-state index contributed by atoms with van der Waals surface area (Å²) in [7, 11) is 0. The SMILES string of the molecule is CC(=O)Nc1ccc(NCc2cnoc2)cc1. The van der Waals surface area contributed by atoms with Crippen LogP contribution in [0.2, 0.25) is 0 Å². The van der Waals surface area contributed by atoms with Crippen molar-refractivity contribution in [2.75, 3.05) is 10.6 Å². The molecule has 0 aliphatic carbocycles. The monoisotopic (exact) mass is 231 g/mol. The van der Waals surface area contributed by atoms with Crippen LogP contribution >= 0.6 is 0 Å². The molecule has 5 heteroatoms. The fourth-order valence-corrected chi connectivity index (χ4v) is 1.39. The Bertz CT molecular complexity index is 477. The molecule has 1 aromatic heterocycles. The van der Waals surface area contributed by atoms with E-state index >= 15 is 0 Å². The highest BCUT2D eigenvalue weighted by Crippen LogP contribution is 2.14. The van der Waals surface area contributed by atoms with Gasteiger partial charge in [0, 0.05) is 30.4 Å². The van der Waals surface area contributed by atoms with Gasteiger partial charge in [-0.1, -0.05) is 5.16 Å². The molecule has 2 rings (SSSR count). The lowest BCUT2D eigenvalue weighted by Gasteiger charge is -2.06. The van der Waals surface area contributed by atoms with Crippen LogP contribution in [0.4, 0.5) is 11.4 Å². The van der Waals surface area contributed by atoms with Gasteiger partial charge in [0.25, 0.3) is 0 Å². The quantitative estimate of drug-likeness (QED) is 0.846. The van der Waals surface area contributed by atoms with Crippen LogP contribution in [0.15, 0.2) is 41.2 Å². The largest absolute Gasteiger partial charge is 0.381 e. The first kappa shape index (κ1) is 11.2. The van der Waals surface area contributed by atoms with Crippen molar-refractivity contribution < 1.29 is 9.32 Å². The third-order valence-electron chi connectivity index (χ3n) is 2.19. The normalized spacial score (nSPS) is 9.94. The van der Waals surface area contributed by atoms with Gasteiger partial charge >= 0.3 is 0 Å². The van der Waals surface area contributed by atoms with Gasteiger partial charge in [-0.15, -0.1) is 0 Å². The number of nitrogens with zero attached hydrogens (tertiary/aromatic N) is 1. The number of carbonyl (C=O) groups excluding carboxylic acids is 1. The zero-order valence-corrected chi connectivity index (χ0v) is 9.43. The number of hydrogen-bond acceptors (Lipinski definition) is 4. The first-order chi connectivity index (χ1) is 8.24. The van der Waals surface area contributed by atoms with E-state index in [2.05, 4.69) is 15.8 Å². The molecule has 0 aliphatic rings. The summed E-state index contributed by atoms with van der Waals surface area (Å²) < 4.78 is 4.73. The topological polar surface area (TPSA) is 67.2 Å². The molecule has 0 spiro atoms. The number of anilines is 2. The molecule has 0 saturated carbocycles. The van der Waals surface area contributed by atoms with Crippen molar-refractivity contribution in [1.82, 2.24) is 5.16 Å². The highest BCUT2D eigenvalue weighted by atomic mass is 16.5. The number of benzene rings is 1. The Hall–Kier alpha value is -2.30. The van der Waals surface area contributed by atoms with E-state index < -0.39 is 0 Å². The van der Waals surface area contributed by atoms with E-state index in [9.17, 15) is 4.79 Å². The molecule has 0 aliphatic heterocycles. The Morgan fingerprint density at radius 1 is 1.29 bits per heavy atom. The van der Waals surface area contributed by atoms with Gasteiger partial charge in [0.2, 0.25) is 5.91 Å². The molecule has 2 aromatic rings. The van der Waals surface area contributed by atoms with Crippen molar-refractivity contribution in [2.45, 2.75) is 13.5 Å². The molecule has 0 atom stereocenters. The molecule has 1 aromatic carbocycles. The lowest BCUT2D eigenvalue weighted by Crippen LogP contribution is -2.05. The highest BCUT2D eigenvalue weighted by molar-refractivity contribution is 5.88. The van der Waals surface area contributed by atoms with Crippen LogP contribution < -0.4 is 10.6 Å². The Morgan fingerprint density at radius 2 is 2.00 bits per heavy atom. The summed E-state index contributed by atoms with van der Waals surface area (Å²) in [6, 6.07) is 7.49. The second-order valence-corrected chi connectivity index (χ2v) is 3.64. The zero-order valence-electron chi connectivity index (χ0n) is 9.43. The van der Waals surface area contributed by atoms with Gasteiger partial charge in [-0.3, -0.25) is 4.79 Å². The molecule has 1 heterocycles. The summed E-state index contributed by atoms with van der Waals surface area (Å²) in [6.45, 7) is 2.14. The summed E-state index contributed by atoms with van der Waals surface area (Å²) in [5, 5.41) is 9.54. The Labute approximate surface area is 98.8 Å². The van der Waals surface area contributed by atoms with Gasteiger partial charge in [-0.05, 0) is 24.3 Å². The van der Waals surface area contributed by atoms with E-state index in [4.69, 9.17) is 4.52 Å². The molecule has 0 saturated heterocycles. The molecule has 0 bridgehead atoms. The molecule has 2 N–H and O–H groups in total. The molecule has 0 radical (unpaired) electrons. The highest BCUT2D eigenvalue weighted by Gasteiger charge is 1.98. The second kappa shape index (κ2) is 5.16. The van der Waals surface area contributed by atoms with Crippen molar-refractivity contribution in [2.24, 2.45) is 0 Å². The predicted octanol–water partition coefficient (Wildman–Crippen LogP) is 2.25. The van der Waals surface area contributed by atoms with Crippen LogP contribution in [0, 0.1) is 0 Å². The van der Waals surface area contributed by atoms with Gasteiger partial charge in [-0.25, -0.2) is 0 Å². The maximum atomic E-state index is 10.8. The Balaban J connectivity index is 1.91. The first-order valence-corrected chi connectivity index (χ1v) is 5.24. The number of carbonyl (C=O) groups is 1. The minimum absolute atomic E-state index is 0.0739. The minimum atomic E-state index is -0.0739. The van der Waals surface area contributed by atoms with Crippen LogP contribution in [0.5, 0.6) is 0 Å².